The minimum atomic E-state index is -3.57. The van der Waals surface area contributed by atoms with E-state index in [2.05, 4.69) is 10.9 Å². The third-order valence-corrected chi connectivity index (χ3v) is 6.68. The molecule has 0 spiro atoms. The van der Waals surface area contributed by atoms with Crippen molar-refractivity contribution in [2.75, 3.05) is 13.1 Å². The van der Waals surface area contributed by atoms with Gasteiger partial charge in [-0.25, -0.2) is 8.42 Å². The van der Waals surface area contributed by atoms with Crippen LogP contribution < -0.4 is 10.9 Å². The number of aryl methyl sites for hydroxylation is 1. The third-order valence-electron chi connectivity index (χ3n) is 4.76. The van der Waals surface area contributed by atoms with E-state index in [-0.39, 0.29) is 21.7 Å². The summed E-state index contributed by atoms with van der Waals surface area (Å²) in [7, 11) is -3.57. The normalized spacial score (nSPS) is 14.3. The Bertz CT molecular complexity index is 1090. The van der Waals surface area contributed by atoms with E-state index in [0.29, 0.717) is 18.7 Å². The van der Waals surface area contributed by atoms with Crippen LogP contribution in [0.15, 0.2) is 47.4 Å². The Kier molecular flexibility index (Phi) is 6.13. The molecule has 30 heavy (non-hydrogen) atoms. The number of hydrogen-bond acceptors (Lipinski definition) is 6. The summed E-state index contributed by atoms with van der Waals surface area (Å²) >= 11 is 0. The third kappa shape index (κ3) is 4.47. The number of hydrogen-bond donors (Lipinski definition) is 2. The second-order valence-corrected chi connectivity index (χ2v) is 8.74. The SMILES string of the molecule is Cc1cc(C(=O)NNC(=O)c2ccc(S(=O)(=O)N3CCCC3)cc2)ccc1[N+](=O)[O-]. The van der Waals surface area contributed by atoms with E-state index in [9.17, 15) is 28.1 Å². The molecule has 158 valence electrons. The summed E-state index contributed by atoms with van der Waals surface area (Å²) in [6, 6.07) is 9.27. The number of sulfonamides is 1. The minimum absolute atomic E-state index is 0.103. The van der Waals surface area contributed by atoms with Crippen LogP contribution in [-0.4, -0.2) is 42.6 Å². The molecule has 1 aliphatic heterocycles. The number of amides is 2. The number of nitrogens with zero attached hydrogens (tertiary/aromatic N) is 2. The van der Waals surface area contributed by atoms with Crippen molar-refractivity contribution in [3.63, 3.8) is 0 Å². The van der Waals surface area contributed by atoms with Gasteiger partial charge in [0.2, 0.25) is 10.0 Å². The molecule has 0 unspecified atom stereocenters. The first-order chi connectivity index (χ1) is 14.2. The molecule has 10 nitrogen and oxygen atoms in total. The largest absolute Gasteiger partial charge is 0.272 e. The van der Waals surface area contributed by atoms with Crippen LogP contribution in [0.25, 0.3) is 0 Å². The van der Waals surface area contributed by atoms with Gasteiger partial charge in [0.1, 0.15) is 0 Å². The van der Waals surface area contributed by atoms with E-state index in [4.69, 9.17) is 0 Å². The van der Waals surface area contributed by atoms with Crippen molar-refractivity contribution in [2.24, 2.45) is 0 Å². The molecule has 0 atom stereocenters. The first-order valence-electron chi connectivity index (χ1n) is 9.16. The van der Waals surface area contributed by atoms with Crippen LogP contribution in [0.2, 0.25) is 0 Å². The maximum absolute atomic E-state index is 12.5. The molecule has 1 fully saturated rings. The zero-order chi connectivity index (χ0) is 21.9. The second-order valence-electron chi connectivity index (χ2n) is 6.80. The van der Waals surface area contributed by atoms with Gasteiger partial charge in [-0.2, -0.15) is 4.31 Å². The highest BCUT2D eigenvalue weighted by molar-refractivity contribution is 7.89. The topological polar surface area (TPSA) is 139 Å². The molecule has 3 rings (SSSR count). The maximum atomic E-state index is 12.5. The van der Waals surface area contributed by atoms with Gasteiger partial charge >= 0.3 is 0 Å². The van der Waals surface area contributed by atoms with Crippen LogP contribution >= 0.6 is 0 Å². The molecule has 1 heterocycles. The zero-order valence-electron chi connectivity index (χ0n) is 16.1. The minimum Gasteiger partial charge on any atom is -0.267 e. The number of carbonyl (C=O) groups is 2. The molecule has 0 radical (unpaired) electrons. The van der Waals surface area contributed by atoms with E-state index < -0.39 is 26.8 Å². The Morgan fingerprint density at radius 2 is 1.50 bits per heavy atom. The first kappa shape index (κ1) is 21.4. The Morgan fingerprint density at radius 1 is 0.967 bits per heavy atom. The number of nitrogens with one attached hydrogen (secondary N) is 2. The van der Waals surface area contributed by atoms with Crippen molar-refractivity contribution < 1.29 is 22.9 Å². The molecule has 0 bridgehead atoms. The molecular formula is C19H20N4O6S. The monoisotopic (exact) mass is 432 g/mol. The summed E-state index contributed by atoms with van der Waals surface area (Å²) in [4.78, 5) is 34.8. The van der Waals surface area contributed by atoms with Gasteiger partial charge in [-0.05, 0) is 56.2 Å². The van der Waals surface area contributed by atoms with E-state index in [1.54, 1.807) is 0 Å². The average molecular weight is 432 g/mol. The van der Waals surface area contributed by atoms with Crippen LogP contribution in [0.3, 0.4) is 0 Å². The van der Waals surface area contributed by atoms with Crippen molar-refractivity contribution in [1.29, 1.82) is 0 Å². The molecule has 0 aliphatic carbocycles. The Hall–Kier alpha value is -3.31. The van der Waals surface area contributed by atoms with Gasteiger partial charge in [0, 0.05) is 35.8 Å². The fraction of sp³-hybridized carbons (Fsp3) is 0.263. The van der Waals surface area contributed by atoms with Crippen LogP contribution in [-0.2, 0) is 10.0 Å². The second kappa shape index (κ2) is 8.59. The van der Waals surface area contributed by atoms with Gasteiger partial charge in [0.15, 0.2) is 0 Å². The van der Waals surface area contributed by atoms with E-state index in [1.807, 2.05) is 0 Å². The molecule has 2 N–H and O–H groups in total. The fourth-order valence-electron chi connectivity index (χ4n) is 3.12. The Labute approximate surface area is 173 Å². The Balaban J connectivity index is 1.63. The van der Waals surface area contributed by atoms with E-state index in [1.165, 1.54) is 53.7 Å². The van der Waals surface area contributed by atoms with Crippen LogP contribution in [0.5, 0.6) is 0 Å². The zero-order valence-corrected chi connectivity index (χ0v) is 16.9. The van der Waals surface area contributed by atoms with Crippen LogP contribution in [0.1, 0.15) is 39.1 Å². The number of rotatable bonds is 5. The molecule has 1 aliphatic rings. The van der Waals surface area contributed by atoms with Gasteiger partial charge in [0.25, 0.3) is 17.5 Å². The maximum Gasteiger partial charge on any atom is 0.272 e. The number of hydrazine groups is 1. The predicted molar refractivity (Wildman–Crippen MR) is 107 cm³/mol. The van der Waals surface area contributed by atoms with Gasteiger partial charge < -0.3 is 0 Å². The standard InChI is InChI=1S/C19H20N4O6S/c1-13-12-15(6-9-17(13)23(26)27)19(25)21-20-18(24)14-4-7-16(8-5-14)30(28,29)22-10-2-3-11-22/h4-9,12H,2-3,10-11H2,1H3,(H,20,24)(H,21,25). The number of nitro benzene ring substituents is 1. The summed E-state index contributed by atoms with van der Waals surface area (Å²) in [5.41, 5.74) is 4.97. The molecule has 1 saturated heterocycles. The van der Waals surface area contributed by atoms with Gasteiger partial charge in [-0.3, -0.25) is 30.6 Å². The summed E-state index contributed by atoms with van der Waals surface area (Å²) < 4.78 is 26.4. The Morgan fingerprint density at radius 3 is 2.03 bits per heavy atom. The van der Waals surface area contributed by atoms with E-state index in [0.717, 1.165) is 12.8 Å². The predicted octanol–water partition coefficient (Wildman–Crippen LogP) is 1.76. The fourth-order valence-corrected chi connectivity index (χ4v) is 4.63. The van der Waals surface area contributed by atoms with Crippen molar-refractivity contribution in [3.05, 3.63) is 69.3 Å². The lowest BCUT2D eigenvalue weighted by Gasteiger charge is -2.15. The quantitative estimate of drug-likeness (QED) is 0.545. The molecule has 2 amide bonds. The van der Waals surface area contributed by atoms with Crippen molar-refractivity contribution >= 4 is 27.5 Å². The van der Waals surface area contributed by atoms with Gasteiger partial charge in [0.05, 0.1) is 9.82 Å². The molecule has 2 aromatic carbocycles. The summed E-state index contributed by atoms with van der Waals surface area (Å²) in [5.74, 6) is -1.28. The molecule has 11 heteroatoms. The average Bonchev–Trinajstić information content (AvgIpc) is 3.27. The van der Waals surface area contributed by atoms with Gasteiger partial charge in [-0.15, -0.1) is 0 Å². The lowest BCUT2D eigenvalue weighted by atomic mass is 10.1. The van der Waals surface area contributed by atoms with Gasteiger partial charge in [-0.1, -0.05) is 0 Å². The summed E-state index contributed by atoms with van der Waals surface area (Å²) in [6.45, 7) is 2.47. The summed E-state index contributed by atoms with van der Waals surface area (Å²) in [6.07, 6.45) is 1.65. The summed E-state index contributed by atoms with van der Waals surface area (Å²) in [5, 5.41) is 10.8. The lowest BCUT2D eigenvalue weighted by molar-refractivity contribution is -0.385. The molecule has 2 aromatic rings. The molecule has 0 saturated carbocycles. The molecule has 0 aromatic heterocycles. The lowest BCUT2D eigenvalue weighted by Crippen LogP contribution is -2.41. The molecular weight excluding hydrogens is 412 g/mol. The number of nitro groups is 1. The first-order valence-corrected chi connectivity index (χ1v) is 10.6. The highest BCUT2D eigenvalue weighted by Crippen LogP contribution is 2.21. The smallest absolute Gasteiger partial charge is 0.267 e. The van der Waals surface area contributed by atoms with Crippen LogP contribution in [0.4, 0.5) is 5.69 Å². The van der Waals surface area contributed by atoms with Crippen LogP contribution in [0, 0.1) is 17.0 Å². The van der Waals surface area contributed by atoms with Crippen molar-refractivity contribution in [1.82, 2.24) is 15.2 Å². The highest BCUT2D eigenvalue weighted by atomic mass is 32.2. The highest BCUT2D eigenvalue weighted by Gasteiger charge is 2.27. The number of carbonyl (C=O) groups excluding carboxylic acids is 2. The van der Waals surface area contributed by atoms with Crippen molar-refractivity contribution in [3.8, 4) is 0 Å². The van der Waals surface area contributed by atoms with E-state index >= 15 is 0 Å². The van der Waals surface area contributed by atoms with Crippen molar-refractivity contribution in [2.45, 2.75) is 24.7 Å². The number of benzene rings is 2.